The predicted molar refractivity (Wildman–Crippen MR) is 90.4 cm³/mol. The van der Waals surface area contributed by atoms with Gasteiger partial charge in [-0.3, -0.25) is 0 Å². The van der Waals surface area contributed by atoms with Crippen LogP contribution in [0, 0.1) is 0 Å². The zero-order chi connectivity index (χ0) is 15.8. The van der Waals surface area contributed by atoms with Crippen LogP contribution in [0.2, 0.25) is 0 Å². The van der Waals surface area contributed by atoms with E-state index in [0.717, 1.165) is 15.7 Å². The fourth-order valence-electron chi connectivity index (χ4n) is 2.91. The molecule has 1 atom stereocenters. The van der Waals surface area contributed by atoms with Crippen LogP contribution in [0.1, 0.15) is 15.9 Å². The van der Waals surface area contributed by atoms with Gasteiger partial charge in [-0.05, 0) is 23.6 Å². The molecule has 0 bridgehead atoms. The van der Waals surface area contributed by atoms with Gasteiger partial charge >= 0.3 is 5.97 Å². The van der Waals surface area contributed by atoms with Crippen LogP contribution in [-0.4, -0.2) is 13.1 Å². The second-order valence-corrected chi connectivity index (χ2v) is 6.94. The van der Waals surface area contributed by atoms with Crippen LogP contribution in [0.4, 0.5) is 0 Å². The second-order valence-electron chi connectivity index (χ2n) is 5.29. The van der Waals surface area contributed by atoms with Gasteiger partial charge in [0.05, 0.1) is 18.1 Å². The van der Waals surface area contributed by atoms with Crippen molar-refractivity contribution in [1.82, 2.24) is 0 Å². The molecule has 1 aliphatic heterocycles. The average molecular weight is 323 g/mol. The molecule has 4 heteroatoms. The van der Waals surface area contributed by atoms with Crippen molar-refractivity contribution in [3.05, 3.63) is 71.8 Å². The maximum Gasteiger partial charge on any atom is 0.338 e. The molecule has 0 spiro atoms. The van der Waals surface area contributed by atoms with Crippen molar-refractivity contribution in [3.8, 4) is 0 Å². The fourth-order valence-corrected chi connectivity index (χ4v) is 4.83. The van der Waals surface area contributed by atoms with Crippen LogP contribution in [0.3, 0.4) is 0 Å². The minimum absolute atomic E-state index is 0.320. The topological polar surface area (TPSA) is 35.5 Å². The number of rotatable bonds is 2. The molecule has 0 aromatic heterocycles. The molecule has 0 aliphatic carbocycles. The van der Waals surface area contributed by atoms with Gasteiger partial charge in [-0.25, -0.2) is 4.79 Å². The summed E-state index contributed by atoms with van der Waals surface area (Å²) in [6, 6.07) is 20.0. The number of ether oxygens (including phenoxy) is 1. The third-order valence-electron chi connectivity index (χ3n) is 3.98. The molecule has 3 aromatic carbocycles. The van der Waals surface area contributed by atoms with Crippen molar-refractivity contribution < 1.29 is 13.7 Å². The van der Waals surface area contributed by atoms with E-state index in [1.807, 2.05) is 48.5 Å². The highest BCUT2D eigenvalue weighted by Gasteiger charge is 2.39. The van der Waals surface area contributed by atoms with Crippen molar-refractivity contribution in [3.63, 3.8) is 0 Å². The zero-order valence-corrected chi connectivity index (χ0v) is 13.4. The number of hydrogen-bond acceptors (Lipinski definition) is 3. The van der Waals surface area contributed by atoms with Gasteiger partial charge in [0.1, 0.15) is 6.61 Å². The average Bonchev–Trinajstić information content (AvgIpc) is 3.04. The Morgan fingerprint density at radius 2 is 1.74 bits per heavy atom. The van der Waals surface area contributed by atoms with Crippen LogP contribution in [0.15, 0.2) is 70.5 Å². The normalized spacial score (nSPS) is 16.3. The molecule has 1 aliphatic rings. The number of methoxy groups -OCH3 is 1. The van der Waals surface area contributed by atoms with E-state index in [0.29, 0.717) is 12.2 Å². The lowest BCUT2D eigenvalue weighted by atomic mass is 10.0. The fraction of sp³-hybridized carbons (Fsp3) is 0.105. The van der Waals surface area contributed by atoms with Gasteiger partial charge in [0.25, 0.3) is 0 Å². The number of esters is 1. The SMILES string of the molecule is COC(=O)c1cccc2cccc([S+]3OCc4ccccc43)c12. The van der Waals surface area contributed by atoms with Gasteiger partial charge in [-0.1, -0.05) is 42.5 Å². The van der Waals surface area contributed by atoms with E-state index in [-0.39, 0.29) is 5.97 Å². The van der Waals surface area contributed by atoms with Gasteiger partial charge < -0.3 is 4.74 Å². The van der Waals surface area contributed by atoms with Gasteiger partial charge in [0, 0.05) is 5.56 Å². The molecule has 1 unspecified atom stereocenters. The first kappa shape index (κ1) is 14.3. The minimum Gasteiger partial charge on any atom is -0.465 e. The largest absolute Gasteiger partial charge is 0.465 e. The van der Waals surface area contributed by atoms with Crippen molar-refractivity contribution in [2.24, 2.45) is 0 Å². The summed E-state index contributed by atoms with van der Waals surface area (Å²) in [5.74, 6) is -0.320. The van der Waals surface area contributed by atoms with Crippen LogP contribution in [0.25, 0.3) is 10.8 Å². The molecule has 0 amide bonds. The number of fused-ring (bicyclic) bond motifs is 2. The van der Waals surface area contributed by atoms with E-state index in [2.05, 4.69) is 12.1 Å². The maximum absolute atomic E-state index is 12.2. The molecule has 4 rings (SSSR count). The summed E-state index contributed by atoms with van der Waals surface area (Å²) in [6.45, 7) is 0.607. The molecule has 3 nitrogen and oxygen atoms in total. The molecule has 114 valence electrons. The highest BCUT2D eigenvalue weighted by molar-refractivity contribution is 7.93. The monoisotopic (exact) mass is 323 g/mol. The van der Waals surface area contributed by atoms with E-state index in [9.17, 15) is 4.79 Å². The number of hydrogen-bond donors (Lipinski definition) is 0. The number of benzene rings is 3. The summed E-state index contributed by atoms with van der Waals surface area (Å²) >= 11 is -0.477. The molecular formula is C19H15O3S+. The number of carbonyl (C=O) groups is 1. The quantitative estimate of drug-likeness (QED) is 0.526. The highest BCUT2D eigenvalue weighted by Crippen LogP contribution is 2.38. The minimum atomic E-state index is -0.477. The van der Waals surface area contributed by atoms with E-state index < -0.39 is 11.2 Å². The molecular weight excluding hydrogens is 308 g/mol. The number of carbonyl (C=O) groups excluding carboxylic acids is 1. The van der Waals surface area contributed by atoms with E-state index in [1.54, 1.807) is 0 Å². The van der Waals surface area contributed by atoms with E-state index in [4.69, 9.17) is 8.92 Å². The van der Waals surface area contributed by atoms with Crippen LogP contribution in [0.5, 0.6) is 0 Å². The Kier molecular flexibility index (Phi) is 3.56. The summed E-state index contributed by atoms with van der Waals surface area (Å²) in [4.78, 5) is 14.4. The smallest absolute Gasteiger partial charge is 0.338 e. The molecule has 0 N–H and O–H groups in total. The third-order valence-corrected chi connectivity index (χ3v) is 5.87. The maximum atomic E-state index is 12.2. The lowest BCUT2D eigenvalue weighted by Crippen LogP contribution is -2.07. The third kappa shape index (κ3) is 2.31. The van der Waals surface area contributed by atoms with Crippen LogP contribution in [-0.2, 0) is 26.7 Å². The summed E-state index contributed by atoms with van der Waals surface area (Å²) < 4.78 is 11.0. The molecule has 1 heterocycles. The first-order chi connectivity index (χ1) is 11.3. The summed E-state index contributed by atoms with van der Waals surface area (Å²) in [6.07, 6.45) is 0. The molecule has 23 heavy (non-hydrogen) atoms. The Balaban J connectivity index is 1.97. The molecule has 0 fully saturated rings. The highest BCUT2D eigenvalue weighted by atomic mass is 32.2. The van der Waals surface area contributed by atoms with Crippen molar-refractivity contribution >= 4 is 27.9 Å². The lowest BCUT2D eigenvalue weighted by Gasteiger charge is -2.08. The second kappa shape index (κ2) is 5.72. The molecule has 0 radical (unpaired) electrons. The molecule has 3 aromatic rings. The lowest BCUT2D eigenvalue weighted by molar-refractivity contribution is 0.0603. The Morgan fingerprint density at radius 3 is 2.57 bits per heavy atom. The predicted octanol–water partition coefficient (Wildman–Crippen LogP) is 4.11. The standard InChI is InChI=1S/C19H15O3S/c1-21-19(20)15-9-4-7-13-8-5-11-17(18(13)15)23-16-10-3-2-6-14(16)12-22-23/h2-11H,12H2,1H3/q+1. The van der Waals surface area contributed by atoms with Crippen molar-refractivity contribution in [2.75, 3.05) is 7.11 Å². The van der Waals surface area contributed by atoms with Crippen LogP contribution < -0.4 is 0 Å². The molecule has 0 saturated heterocycles. The Bertz CT molecular complexity index is 899. The summed E-state index contributed by atoms with van der Waals surface area (Å²) in [7, 11) is 1.41. The van der Waals surface area contributed by atoms with Gasteiger partial charge in [-0.15, -0.1) is 0 Å². The van der Waals surface area contributed by atoms with E-state index >= 15 is 0 Å². The van der Waals surface area contributed by atoms with Gasteiger partial charge in [0.15, 0.2) is 0 Å². The first-order valence-corrected chi connectivity index (χ1v) is 8.50. The van der Waals surface area contributed by atoms with Crippen molar-refractivity contribution in [2.45, 2.75) is 16.4 Å². The summed E-state index contributed by atoms with van der Waals surface area (Å²) in [5, 5.41) is 1.94. The summed E-state index contributed by atoms with van der Waals surface area (Å²) in [5.41, 5.74) is 1.80. The van der Waals surface area contributed by atoms with Crippen LogP contribution >= 0.6 is 0 Å². The molecule has 0 saturated carbocycles. The Hall–Kier alpha value is -2.30. The first-order valence-electron chi connectivity index (χ1n) is 7.35. The van der Waals surface area contributed by atoms with Gasteiger partial charge in [0.2, 0.25) is 21.0 Å². The Labute approximate surface area is 137 Å². The van der Waals surface area contributed by atoms with Crippen molar-refractivity contribution in [1.29, 1.82) is 0 Å². The van der Waals surface area contributed by atoms with E-state index in [1.165, 1.54) is 17.6 Å². The zero-order valence-electron chi connectivity index (χ0n) is 12.6. The Morgan fingerprint density at radius 1 is 1.00 bits per heavy atom. The van der Waals surface area contributed by atoms with Gasteiger partial charge in [-0.2, -0.15) is 4.18 Å².